The minimum absolute atomic E-state index is 0.208. The highest BCUT2D eigenvalue weighted by atomic mass is 79.9. The maximum atomic E-state index is 13.2. The highest BCUT2D eigenvalue weighted by Crippen LogP contribution is 2.29. The summed E-state index contributed by atoms with van der Waals surface area (Å²) in [4.78, 5) is 0. The molecule has 1 atom stereocenters. The number of hydrogen-bond acceptors (Lipinski definition) is 1. The van der Waals surface area contributed by atoms with Crippen LogP contribution in [0.1, 0.15) is 22.7 Å². The van der Waals surface area contributed by atoms with Crippen LogP contribution in [0.3, 0.4) is 0 Å². The van der Waals surface area contributed by atoms with E-state index in [1.165, 1.54) is 6.07 Å². The van der Waals surface area contributed by atoms with Gasteiger partial charge in [-0.05, 0) is 41.8 Å². The molecule has 94 valence electrons. The fourth-order valence-corrected chi connectivity index (χ4v) is 3.09. The summed E-state index contributed by atoms with van der Waals surface area (Å²) in [6.45, 7) is 1.74. The van der Waals surface area contributed by atoms with Crippen molar-refractivity contribution in [3.05, 3.63) is 67.9 Å². The molecular weight excluding hydrogens is 361 g/mol. The van der Waals surface area contributed by atoms with E-state index < -0.39 is 0 Å². The van der Waals surface area contributed by atoms with E-state index in [4.69, 9.17) is 5.73 Å². The number of benzene rings is 2. The van der Waals surface area contributed by atoms with E-state index in [9.17, 15) is 4.39 Å². The monoisotopic (exact) mass is 371 g/mol. The number of rotatable bonds is 2. The Hall–Kier alpha value is -0.710. The predicted molar refractivity (Wildman–Crippen MR) is 79.0 cm³/mol. The molecule has 2 aromatic carbocycles. The van der Waals surface area contributed by atoms with Crippen LogP contribution in [0.15, 0.2) is 45.3 Å². The van der Waals surface area contributed by atoms with E-state index in [2.05, 4.69) is 31.9 Å². The Bertz CT molecular complexity index is 584. The van der Waals surface area contributed by atoms with E-state index in [1.807, 2.05) is 18.2 Å². The van der Waals surface area contributed by atoms with Gasteiger partial charge in [-0.2, -0.15) is 0 Å². The minimum Gasteiger partial charge on any atom is -0.320 e. The zero-order chi connectivity index (χ0) is 13.3. The molecule has 0 amide bonds. The van der Waals surface area contributed by atoms with Crippen LogP contribution in [-0.4, -0.2) is 0 Å². The molecule has 0 aliphatic heterocycles. The van der Waals surface area contributed by atoms with Gasteiger partial charge in [0.05, 0.1) is 6.04 Å². The first-order valence-corrected chi connectivity index (χ1v) is 7.04. The first-order valence-electron chi connectivity index (χ1n) is 5.45. The van der Waals surface area contributed by atoms with Gasteiger partial charge < -0.3 is 5.73 Å². The molecule has 0 bridgehead atoms. The summed E-state index contributed by atoms with van der Waals surface area (Å²) in [7, 11) is 0. The van der Waals surface area contributed by atoms with Crippen LogP contribution in [0, 0.1) is 12.7 Å². The van der Waals surface area contributed by atoms with Gasteiger partial charge in [0.2, 0.25) is 0 Å². The summed E-state index contributed by atoms with van der Waals surface area (Å²) >= 11 is 6.90. The zero-order valence-electron chi connectivity index (χ0n) is 9.75. The number of hydrogen-bond donors (Lipinski definition) is 1. The third kappa shape index (κ3) is 2.82. The Kier molecular flexibility index (Phi) is 4.20. The molecule has 0 fully saturated rings. The first-order chi connectivity index (χ1) is 8.49. The molecule has 2 aromatic rings. The summed E-state index contributed by atoms with van der Waals surface area (Å²) in [6, 6.07) is 10.5. The van der Waals surface area contributed by atoms with Crippen LogP contribution in [0.4, 0.5) is 4.39 Å². The Labute approximate surface area is 122 Å². The molecule has 0 aromatic heterocycles. The molecule has 0 aliphatic rings. The van der Waals surface area contributed by atoms with Gasteiger partial charge in [-0.15, -0.1) is 0 Å². The maximum Gasteiger partial charge on any atom is 0.126 e. The number of halogens is 3. The topological polar surface area (TPSA) is 26.0 Å². The molecule has 1 unspecified atom stereocenters. The highest BCUT2D eigenvalue weighted by Gasteiger charge is 2.13. The second-order valence-corrected chi connectivity index (χ2v) is 5.92. The van der Waals surface area contributed by atoms with E-state index in [0.29, 0.717) is 5.56 Å². The van der Waals surface area contributed by atoms with Gasteiger partial charge in [0.25, 0.3) is 0 Å². The third-order valence-corrected chi connectivity index (χ3v) is 4.02. The van der Waals surface area contributed by atoms with Crippen LogP contribution < -0.4 is 5.73 Å². The molecule has 1 nitrogen and oxygen atoms in total. The van der Waals surface area contributed by atoms with Crippen molar-refractivity contribution in [1.29, 1.82) is 0 Å². The van der Waals surface area contributed by atoms with Crippen molar-refractivity contribution < 1.29 is 4.39 Å². The molecule has 2 rings (SSSR count). The number of nitrogens with two attached hydrogens (primary N) is 1. The summed E-state index contributed by atoms with van der Waals surface area (Å²) < 4.78 is 15.2. The summed E-state index contributed by atoms with van der Waals surface area (Å²) in [5, 5.41) is 0. The van der Waals surface area contributed by atoms with Crippen LogP contribution in [0.25, 0.3) is 0 Å². The van der Waals surface area contributed by atoms with E-state index in [0.717, 1.165) is 20.1 Å². The maximum absolute atomic E-state index is 13.2. The number of aryl methyl sites for hydroxylation is 1. The SMILES string of the molecule is Cc1cc(C(N)c2ccc(Br)cc2Br)ccc1F. The Morgan fingerprint density at radius 2 is 1.83 bits per heavy atom. The Balaban J connectivity index is 2.41. The van der Waals surface area contributed by atoms with Crippen molar-refractivity contribution in [3.63, 3.8) is 0 Å². The van der Waals surface area contributed by atoms with E-state index >= 15 is 0 Å². The van der Waals surface area contributed by atoms with Crippen LogP contribution in [-0.2, 0) is 0 Å². The smallest absolute Gasteiger partial charge is 0.126 e. The standard InChI is InChI=1S/C14H12Br2FN/c1-8-6-9(2-5-13(8)17)14(18)11-4-3-10(15)7-12(11)16/h2-7,14H,18H2,1H3. The van der Waals surface area contributed by atoms with Gasteiger partial charge in [0.15, 0.2) is 0 Å². The van der Waals surface area contributed by atoms with Crippen molar-refractivity contribution >= 4 is 31.9 Å². The normalized spacial score (nSPS) is 12.5. The van der Waals surface area contributed by atoms with Gasteiger partial charge in [-0.3, -0.25) is 0 Å². The molecule has 0 heterocycles. The van der Waals surface area contributed by atoms with Gasteiger partial charge in [0, 0.05) is 8.95 Å². The molecule has 0 radical (unpaired) electrons. The fourth-order valence-electron chi connectivity index (χ4n) is 1.79. The van der Waals surface area contributed by atoms with Crippen molar-refractivity contribution in [3.8, 4) is 0 Å². The Morgan fingerprint density at radius 1 is 1.11 bits per heavy atom. The van der Waals surface area contributed by atoms with E-state index in [-0.39, 0.29) is 11.9 Å². The van der Waals surface area contributed by atoms with Crippen molar-refractivity contribution in [1.82, 2.24) is 0 Å². The molecule has 2 N–H and O–H groups in total. The summed E-state index contributed by atoms with van der Waals surface area (Å²) in [5.41, 5.74) is 8.70. The van der Waals surface area contributed by atoms with Gasteiger partial charge in [-0.1, -0.05) is 50.1 Å². The molecule has 4 heteroatoms. The zero-order valence-corrected chi connectivity index (χ0v) is 12.9. The predicted octanol–water partition coefficient (Wildman–Crippen LogP) is 4.71. The molecular formula is C14H12Br2FN. The lowest BCUT2D eigenvalue weighted by Crippen LogP contribution is -2.12. The van der Waals surface area contributed by atoms with Crippen molar-refractivity contribution in [2.75, 3.05) is 0 Å². The second kappa shape index (κ2) is 5.51. The van der Waals surface area contributed by atoms with Crippen molar-refractivity contribution in [2.45, 2.75) is 13.0 Å². The minimum atomic E-state index is -0.272. The third-order valence-electron chi connectivity index (χ3n) is 2.84. The molecule has 0 saturated heterocycles. The lowest BCUT2D eigenvalue weighted by molar-refractivity contribution is 0.617. The van der Waals surface area contributed by atoms with Crippen LogP contribution in [0.5, 0.6) is 0 Å². The average molecular weight is 373 g/mol. The second-order valence-electron chi connectivity index (χ2n) is 4.15. The molecule has 0 aliphatic carbocycles. The van der Waals surface area contributed by atoms with Crippen LogP contribution >= 0.6 is 31.9 Å². The molecule has 0 spiro atoms. The van der Waals surface area contributed by atoms with Crippen molar-refractivity contribution in [2.24, 2.45) is 5.73 Å². The average Bonchev–Trinajstić information content (AvgIpc) is 2.32. The Morgan fingerprint density at radius 3 is 2.44 bits per heavy atom. The summed E-state index contributed by atoms with van der Waals surface area (Å²) in [5.74, 6) is -0.208. The first kappa shape index (κ1) is 13.7. The van der Waals surface area contributed by atoms with Crippen LogP contribution in [0.2, 0.25) is 0 Å². The molecule has 18 heavy (non-hydrogen) atoms. The fraction of sp³-hybridized carbons (Fsp3) is 0.143. The largest absolute Gasteiger partial charge is 0.320 e. The highest BCUT2D eigenvalue weighted by molar-refractivity contribution is 9.11. The van der Waals surface area contributed by atoms with Gasteiger partial charge >= 0.3 is 0 Å². The lowest BCUT2D eigenvalue weighted by Gasteiger charge is -2.15. The molecule has 0 saturated carbocycles. The quantitative estimate of drug-likeness (QED) is 0.811. The van der Waals surface area contributed by atoms with E-state index in [1.54, 1.807) is 19.1 Å². The van der Waals surface area contributed by atoms with Gasteiger partial charge in [0.1, 0.15) is 5.82 Å². The van der Waals surface area contributed by atoms with Gasteiger partial charge in [-0.25, -0.2) is 4.39 Å². The summed E-state index contributed by atoms with van der Waals surface area (Å²) in [6.07, 6.45) is 0. The lowest BCUT2D eigenvalue weighted by atomic mass is 9.98.